The van der Waals surface area contributed by atoms with Crippen molar-refractivity contribution in [1.82, 2.24) is 5.32 Å². The van der Waals surface area contributed by atoms with Crippen LogP contribution in [0.3, 0.4) is 0 Å². The van der Waals surface area contributed by atoms with Gasteiger partial charge in [-0.3, -0.25) is 4.79 Å². The molecule has 0 rings (SSSR count). The minimum absolute atomic E-state index is 0.174. The van der Waals surface area contributed by atoms with Crippen LogP contribution in [-0.2, 0) is 14.3 Å². The predicted octanol–water partition coefficient (Wildman–Crippen LogP) is 1.37. The molecule has 0 aromatic rings. The molecule has 0 fully saturated rings. The standard InChI is InChI=1S/C12H23NO3/c1-5-11(14)13-6-7-15-8-9-16-10-12(2,3)4/h5H,1,6-10H2,2-4H3,(H,13,14). The molecule has 4 nitrogen and oxygen atoms in total. The number of carbonyl (C=O) groups is 1. The summed E-state index contributed by atoms with van der Waals surface area (Å²) in [5.41, 5.74) is 0.192. The first kappa shape index (κ1) is 15.1. The van der Waals surface area contributed by atoms with Crippen molar-refractivity contribution < 1.29 is 14.3 Å². The van der Waals surface area contributed by atoms with E-state index in [0.29, 0.717) is 26.4 Å². The van der Waals surface area contributed by atoms with Crippen molar-refractivity contribution in [3.05, 3.63) is 12.7 Å². The third kappa shape index (κ3) is 11.2. The Morgan fingerprint density at radius 3 is 2.44 bits per heavy atom. The minimum Gasteiger partial charge on any atom is -0.379 e. The van der Waals surface area contributed by atoms with Crippen LogP contribution in [0.1, 0.15) is 20.8 Å². The Labute approximate surface area is 98.0 Å². The number of carbonyl (C=O) groups excluding carboxylic acids is 1. The van der Waals surface area contributed by atoms with Gasteiger partial charge in [-0.2, -0.15) is 0 Å². The van der Waals surface area contributed by atoms with Gasteiger partial charge in [-0.1, -0.05) is 27.4 Å². The smallest absolute Gasteiger partial charge is 0.243 e. The molecule has 0 aliphatic carbocycles. The third-order valence-corrected chi connectivity index (χ3v) is 1.64. The van der Waals surface area contributed by atoms with Gasteiger partial charge in [-0.15, -0.1) is 0 Å². The second-order valence-electron chi connectivity index (χ2n) is 4.72. The van der Waals surface area contributed by atoms with E-state index in [1.807, 2.05) is 0 Å². The van der Waals surface area contributed by atoms with Gasteiger partial charge in [0.05, 0.1) is 26.4 Å². The van der Waals surface area contributed by atoms with Gasteiger partial charge in [0, 0.05) is 6.54 Å². The number of rotatable bonds is 8. The average molecular weight is 229 g/mol. The highest BCUT2D eigenvalue weighted by Gasteiger charge is 2.09. The Hall–Kier alpha value is -0.870. The van der Waals surface area contributed by atoms with Crippen molar-refractivity contribution >= 4 is 5.91 Å². The van der Waals surface area contributed by atoms with E-state index >= 15 is 0 Å². The Bertz CT molecular complexity index is 209. The minimum atomic E-state index is -0.174. The van der Waals surface area contributed by atoms with Crippen LogP contribution in [0.25, 0.3) is 0 Å². The molecule has 0 spiro atoms. The Morgan fingerprint density at radius 2 is 1.88 bits per heavy atom. The molecule has 16 heavy (non-hydrogen) atoms. The second kappa shape index (κ2) is 8.30. The molecule has 0 radical (unpaired) electrons. The lowest BCUT2D eigenvalue weighted by molar-refractivity contribution is -0.116. The summed E-state index contributed by atoms with van der Waals surface area (Å²) in [5.74, 6) is -0.174. The lowest BCUT2D eigenvalue weighted by atomic mass is 9.99. The molecule has 4 heteroatoms. The van der Waals surface area contributed by atoms with Crippen LogP contribution >= 0.6 is 0 Å². The number of nitrogens with one attached hydrogen (secondary N) is 1. The molecule has 0 aromatic heterocycles. The topological polar surface area (TPSA) is 47.6 Å². The Balaban J connectivity index is 3.16. The number of hydrogen-bond acceptors (Lipinski definition) is 3. The molecule has 1 N–H and O–H groups in total. The van der Waals surface area contributed by atoms with Gasteiger partial charge in [0.1, 0.15) is 0 Å². The van der Waals surface area contributed by atoms with E-state index in [-0.39, 0.29) is 11.3 Å². The average Bonchev–Trinajstić information content (AvgIpc) is 2.20. The fourth-order valence-corrected chi connectivity index (χ4v) is 0.917. The first-order valence-electron chi connectivity index (χ1n) is 5.51. The van der Waals surface area contributed by atoms with E-state index in [2.05, 4.69) is 32.7 Å². The predicted molar refractivity (Wildman–Crippen MR) is 64.3 cm³/mol. The lowest BCUT2D eigenvalue weighted by Gasteiger charge is -2.17. The summed E-state index contributed by atoms with van der Waals surface area (Å²) in [4.78, 5) is 10.7. The molecule has 0 unspecified atom stereocenters. The molecular formula is C12H23NO3. The quantitative estimate of drug-likeness (QED) is 0.505. The zero-order valence-corrected chi connectivity index (χ0v) is 10.5. The summed E-state index contributed by atoms with van der Waals surface area (Å²) in [6.45, 7) is 12.6. The molecule has 0 aromatic carbocycles. The molecule has 0 saturated carbocycles. The van der Waals surface area contributed by atoms with Crippen molar-refractivity contribution in [2.45, 2.75) is 20.8 Å². The first-order valence-corrected chi connectivity index (χ1v) is 5.51. The van der Waals surface area contributed by atoms with E-state index in [9.17, 15) is 4.79 Å². The van der Waals surface area contributed by atoms with Crippen LogP contribution in [-0.4, -0.2) is 38.9 Å². The van der Waals surface area contributed by atoms with Gasteiger partial charge in [-0.05, 0) is 11.5 Å². The summed E-state index contributed by atoms with van der Waals surface area (Å²) in [7, 11) is 0. The number of ether oxygens (including phenoxy) is 2. The van der Waals surface area contributed by atoms with Crippen LogP contribution in [0, 0.1) is 5.41 Å². The molecule has 0 atom stereocenters. The van der Waals surface area contributed by atoms with Crippen molar-refractivity contribution in [2.24, 2.45) is 5.41 Å². The monoisotopic (exact) mass is 229 g/mol. The van der Waals surface area contributed by atoms with Crippen molar-refractivity contribution in [3.8, 4) is 0 Å². The van der Waals surface area contributed by atoms with Gasteiger partial charge >= 0.3 is 0 Å². The normalized spacial score (nSPS) is 11.2. The van der Waals surface area contributed by atoms with Crippen LogP contribution < -0.4 is 5.32 Å². The molecule has 1 amide bonds. The highest BCUT2D eigenvalue weighted by molar-refractivity contribution is 5.86. The lowest BCUT2D eigenvalue weighted by Crippen LogP contribution is -2.25. The van der Waals surface area contributed by atoms with Gasteiger partial charge in [0.15, 0.2) is 0 Å². The van der Waals surface area contributed by atoms with E-state index in [4.69, 9.17) is 9.47 Å². The first-order chi connectivity index (χ1) is 7.45. The summed E-state index contributed by atoms with van der Waals surface area (Å²) in [6, 6.07) is 0. The van der Waals surface area contributed by atoms with Crippen molar-refractivity contribution in [3.63, 3.8) is 0 Å². The maximum Gasteiger partial charge on any atom is 0.243 e. The van der Waals surface area contributed by atoms with E-state index in [1.165, 1.54) is 6.08 Å². The van der Waals surface area contributed by atoms with Crippen molar-refractivity contribution in [1.29, 1.82) is 0 Å². The highest BCUT2D eigenvalue weighted by Crippen LogP contribution is 2.12. The van der Waals surface area contributed by atoms with Crippen LogP contribution in [0.15, 0.2) is 12.7 Å². The van der Waals surface area contributed by atoms with Gasteiger partial charge in [0.25, 0.3) is 0 Å². The molecule has 94 valence electrons. The molecule has 0 bridgehead atoms. The maximum absolute atomic E-state index is 10.7. The summed E-state index contributed by atoms with van der Waals surface area (Å²) >= 11 is 0. The van der Waals surface area contributed by atoms with Gasteiger partial charge < -0.3 is 14.8 Å². The van der Waals surface area contributed by atoms with Crippen molar-refractivity contribution in [2.75, 3.05) is 33.0 Å². The molecular weight excluding hydrogens is 206 g/mol. The maximum atomic E-state index is 10.7. The summed E-state index contributed by atoms with van der Waals surface area (Å²) in [6.07, 6.45) is 1.24. The fraction of sp³-hybridized carbons (Fsp3) is 0.750. The summed E-state index contributed by atoms with van der Waals surface area (Å²) in [5, 5.41) is 2.62. The molecule has 0 heterocycles. The van der Waals surface area contributed by atoms with Crippen LogP contribution in [0.4, 0.5) is 0 Å². The largest absolute Gasteiger partial charge is 0.379 e. The Kier molecular flexibility index (Phi) is 7.85. The van der Waals surface area contributed by atoms with Gasteiger partial charge in [0.2, 0.25) is 5.91 Å². The summed E-state index contributed by atoms with van der Waals surface area (Å²) < 4.78 is 10.7. The van der Waals surface area contributed by atoms with E-state index < -0.39 is 0 Å². The Morgan fingerprint density at radius 1 is 1.25 bits per heavy atom. The third-order valence-electron chi connectivity index (χ3n) is 1.64. The van der Waals surface area contributed by atoms with Gasteiger partial charge in [-0.25, -0.2) is 0 Å². The molecule has 0 saturated heterocycles. The zero-order chi connectivity index (χ0) is 12.4. The second-order valence-corrected chi connectivity index (χ2v) is 4.72. The van der Waals surface area contributed by atoms with E-state index in [0.717, 1.165) is 6.61 Å². The number of amides is 1. The SMILES string of the molecule is C=CC(=O)NCCOCCOCC(C)(C)C. The molecule has 0 aliphatic heterocycles. The van der Waals surface area contributed by atoms with E-state index in [1.54, 1.807) is 0 Å². The highest BCUT2D eigenvalue weighted by atomic mass is 16.5. The number of hydrogen-bond donors (Lipinski definition) is 1. The fourth-order valence-electron chi connectivity index (χ4n) is 0.917. The van der Waals surface area contributed by atoms with Crippen LogP contribution in [0.5, 0.6) is 0 Å². The van der Waals surface area contributed by atoms with Crippen LogP contribution in [0.2, 0.25) is 0 Å². The molecule has 0 aliphatic rings. The zero-order valence-electron chi connectivity index (χ0n) is 10.5.